The van der Waals surface area contributed by atoms with Gasteiger partial charge in [-0.1, -0.05) is 13.8 Å². The summed E-state index contributed by atoms with van der Waals surface area (Å²) in [6.45, 7) is 4.51. The number of hydrogen-bond donors (Lipinski definition) is 3. The van der Waals surface area contributed by atoms with Gasteiger partial charge in [0.15, 0.2) is 0 Å². The third-order valence-corrected chi connectivity index (χ3v) is 2.65. The minimum absolute atomic E-state index is 0. The van der Waals surface area contributed by atoms with Crippen molar-refractivity contribution in [2.24, 2.45) is 11.7 Å². The lowest BCUT2D eigenvalue weighted by atomic mass is 10.1. The average molecular weight is 358 g/mol. The smallest absolute Gasteiger partial charge is 0.224 e. The fourth-order valence-electron chi connectivity index (χ4n) is 1.71. The quantitative estimate of drug-likeness (QED) is 0.701. The van der Waals surface area contributed by atoms with Crippen LogP contribution in [0.15, 0.2) is 24.3 Å². The lowest BCUT2D eigenvalue weighted by Crippen LogP contribution is -2.14. The molecule has 21 heavy (non-hydrogen) atoms. The zero-order valence-corrected chi connectivity index (χ0v) is 14.2. The van der Waals surface area contributed by atoms with Crippen molar-refractivity contribution in [3.8, 4) is 0 Å². The Hall–Kier alpha value is -1.40. The van der Waals surface area contributed by atoms with Gasteiger partial charge in [-0.2, -0.15) is 0 Å². The molecular formula is C15H24BrN3O2. The molecule has 0 aliphatic carbocycles. The summed E-state index contributed by atoms with van der Waals surface area (Å²) < 4.78 is 0. The van der Waals surface area contributed by atoms with Gasteiger partial charge < -0.3 is 16.4 Å². The van der Waals surface area contributed by atoms with Gasteiger partial charge in [0.25, 0.3) is 0 Å². The minimum Gasteiger partial charge on any atom is -0.330 e. The van der Waals surface area contributed by atoms with Crippen molar-refractivity contribution in [3.05, 3.63) is 24.3 Å². The molecule has 6 heteroatoms. The summed E-state index contributed by atoms with van der Waals surface area (Å²) in [6, 6.07) is 7.09. The van der Waals surface area contributed by atoms with Crippen molar-refractivity contribution < 1.29 is 9.59 Å². The second-order valence-corrected chi connectivity index (χ2v) is 5.16. The van der Waals surface area contributed by atoms with Crippen molar-refractivity contribution in [1.29, 1.82) is 0 Å². The number of anilines is 2. The Morgan fingerprint density at radius 3 is 1.95 bits per heavy atom. The minimum atomic E-state index is -0.0490. The summed E-state index contributed by atoms with van der Waals surface area (Å²) >= 11 is 0. The monoisotopic (exact) mass is 357 g/mol. The molecule has 4 N–H and O–H groups in total. The molecule has 0 aliphatic heterocycles. The summed E-state index contributed by atoms with van der Waals surface area (Å²) in [5.41, 5.74) is 6.80. The predicted molar refractivity (Wildman–Crippen MR) is 91.8 cm³/mol. The maximum absolute atomic E-state index is 11.6. The molecule has 118 valence electrons. The molecule has 0 aliphatic rings. The summed E-state index contributed by atoms with van der Waals surface area (Å²) in [4.78, 5) is 23.1. The molecule has 5 nitrogen and oxygen atoms in total. The average Bonchev–Trinajstić information content (AvgIpc) is 2.37. The lowest BCUT2D eigenvalue weighted by molar-refractivity contribution is -0.117. The van der Waals surface area contributed by atoms with Gasteiger partial charge in [-0.15, -0.1) is 17.0 Å². The highest BCUT2D eigenvalue weighted by Crippen LogP contribution is 2.14. The molecule has 2 amide bonds. The molecular weight excluding hydrogens is 334 g/mol. The molecule has 0 fully saturated rings. The Morgan fingerprint density at radius 2 is 1.52 bits per heavy atom. The van der Waals surface area contributed by atoms with Gasteiger partial charge in [0, 0.05) is 24.2 Å². The second kappa shape index (κ2) is 10.3. The van der Waals surface area contributed by atoms with Crippen molar-refractivity contribution in [2.75, 3.05) is 17.2 Å². The van der Waals surface area contributed by atoms with Crippen LogP contribution >= 0.6 is 17.0 Å². The van der Waals surface area contributed by atoms with E-state index in [1.54, 1.807) is 24.3 Å². The number of carbonyl (C=O) groups excluding carboxylic acids is 2. The normalized spacial score (nSPS) is 9.90. The van der Waals surface area contributed by atoms with E-state index in [1.807, 2.05) is 13.8 Å². The van der Waals surface area contributed by atoms with E-state index in [2.05, 4.69) is 10.6 Å². The van der Waals surface area contributed by atoms with Gasteiger partial charge in [-0.05, 0) is 43.1 Å². The number of rotatable bonds is 7. The van der Waals surface area contributed by atoms with E-state index >= 15 is 0 Å². The fourth-order valence-corrected chi connectivity index (χ4v) is 1.71. The van der Waals surface area contributed by atoms with Crippen LogP contribution in [0.3, 0.4) is 0 Å². The summed E-state index contributed by atoms with van der Waals surface area (Å²) in [5.74, 6) is 0.280. The fraction of sp³-hybridized carbons (Fsp3) is 0.467. The van der Waals surface area contributed by atoms with Crippen LogP contribution in [0.25, 0.3) is 0 Å². The molecule has 1 aromatic carbocycles. The molecule has 0 atom stereocenters. The highest BCUT2D eigenvalue weighted by Gasteiger charge is 2.06. The van der Waals surface area contributed by atoms with E-state index in [0.29, 0.717) is 37.4 Å². The maximum atomic E-state index is 11.6. The van der Waals surface area contributed by atoms with Crippen molar-refractivity contribution in [1.82, 2.24) is 0 Å². The van der Waals surface area contributed by atoms with Crippen LogP contribution in [0.4, 0.5) is 11.4 Å². The van der Waals surface area contributed by atoms with E-state index in [4.69, 9.17) is 5.73 Å². The molecule has 0 saturated carbocycles. The highest BCUT2D eigenvalue weighted by molar-refractivity contribution is 8.93. The topological polar surface area (TPSA) is 84.2 Å². The molecule has 0 aromatic heterocycles. The van der Waals surface area contributed by atoms with Crippen LogP contribution in [0.1, 0.15) is 33.1 Å². The third-order valence-electron chi connectivity index (χ3n) is 2.65. The van der Waals surface area contributed by atoms with Gasteiger partial charge >= 0.3 is 0 Å². The first-order valence-corrected chi connectivity index (χ1v) is 6.91. The van der Waals surface area contributed by atoms with Crippen LogP contribution < -0.4 is 16.4 Å². The van der Waals surface area contributed by atoms with E-state index in [0.717, 1.165) is 5.69 Å². The number of nitrogens with two attached hydrogens (primary N) is 1. The van der Waals surface area contributed by atoms with Crippen molar-refractivity contribution >= 4 is 40.2 Å². The standard InChI is InChI=1S/C15H23N3O2.BrH/c1-11(2)10-15(20)18-13-7-5-12(6-8-13)17-14(19)4-3-9-16;/h5-8,11H,3-4,9-10,16H2,1-2H3,(H,17,19)(H,18,20);1H. The first-order valence-electron chi connectivity index (χ1n) is 6.91. The highest BCUT2D eigenvalue weighted by atomic mass is 79.9. The Balaban J connectivity index is 0.00000400. The number of benzene rings is 1. The van der Waals surface area contributed by atoms with Gasteiger partial charge in [0.2, 0.25) is 11.8 Å². The zero-order valence-electron chi connectivity index (χ0n) is 12.5. The molecule has 0 radical (unpaired) electrons. The van der Waals surface area contributed by atoms with E-state index in [-0.39, 0.29) is 28.8 Å². The summed E-state index contributed by atoms with van der Waals surface area (Å²) in [5, 5.41) is 5.60. The SMILES string of the molecule is Br.CC(C)CC(=O)Nc1ccc(NC(=O)CCCN)cc1. The van der Waals surface area contributed by atoms with Gasteiger partial charge in [0.1, 0.15) is 0 Å². The molecule has 0 spiro atoms. The zero-order chi connectivity index (χ0) is 15.0. The van der Waals surface area contributed by atoms with Crippen LogP contribution in [0.2, 0.25) is 0 Å². The van der Waals surface area contributed by atoms with Crippen LogP contribution in [0, 0.1) is 5.92 Å². The second-order valence-electron chi connectivity index (χ2n) is 5.16. The summed E-state index contributed by atoms with van der Waals surface area (Å²) in [7, 11) is 0. The maximum Gasteiger partial charge on any atom is 0.224 e. The van der Waals surface area contributed by atoms with Crippen LogP contribution in [-0.4, -0.2) is 18.4 Å². The lowest BCUT2D eigenvalue weighted by Gasteiger charge is -2.09. The van der Waals surface area contributed by atoms with Gasteiger partial charge in [0.05, 0.1) is 0 Å². The number of amides is 2. The van der Waals surface area contributed by atoms with Crippen LogP contribution in [-0.2, 0) is 9.59 Å². The van der Waals surface area contributed by atoms with Gasteiger partial charge in [-0.25, -0.2) is 0 Å². The Morgan fingerprint density at radius 1 is 1.05 bits per heavy atom. The first kappa shape index (κ1) is 19.6. The molecule has 1 aromatic rings. The molecule has 1 rings (SSSR count). The van der Waals surface area contributed by atoms with Crippen LogP contribution in [0.5, 0.6) is 0 Å². The molecule has 0 saturated heterocycles. The number of carbonyl (C=O) groups is 2. The first-order chi connectivity index (χ1) is 9.51. The summed E-state index contributed by atoms with van der Waals surface area (Å²) in [6.07, 6.45) is 1.59. The largest absolute Gasteiger partial charge is 0.330 e. The van der Waals surface area contributed by atoms with E-state index < -0.39 is 0 Å². The van der Waals surface area contributed by atoms with Gasteiger partial charge in [-0.3, -0.25) is 9.59 Å². The molecule has 0 bridgehead atoms. The third kappa shape index (κ3) is 8.47. The van der Waals surface area contributed by atoms with Crippen molar-refractivity contribution in [3.63, 3.8) is 0 Å². The van der Waals surface area contributed by atoms with Crippen molar-refractivity contribution in [2.45, 2.75) is 33.1 Å². The van der Waals surface area contributed by atoms with E-state index in [9.17, 15) is 9.59 Å². The van der Waals surface area contributed by atoms with E-state index in [1.165, 1.54) is 0 Å². The Labute approximate surface area is 136 Å². The number of nitrogens with one attached hydrogen (secondary N) is 2. The number of hydrogen-bond acceptors (Lipinski definition) is 3. The Kier molecular flexibility index (Phi) is 9.65. The Bertz CT molecular complexity index is 447. The predicted octanol–water partition coefficient (Wildman–Crippen LogP) is 2.93. The molecule has 0 heterocycles. The number of halogens is 1. The molecule has 0 unspecified atom stereocenters.